The van der Waals surface area contributed by atoms with E-state index in [1.807, 2.05) is 16.9 Å². The molecule has 2 spiro atoms. The smallest absolute Gasteiger partial charge is 0.260 e. The first-order valence-electron chi connectivity index (χ1n) is 17.1. The van der Waals surface area contributed by atoms with Crippen LogP contribution in [0.15, 0.2) is 12.3 Å². The molecule has 3 aliphatic carbocycles. The molecule has 8 rings (SSSR count). The van der Waals surface area contributed by atoms with E-state index in [0.29, 0.717) is 12.5 Å². The number of hydrogen-bond acceptors (Lipinski definition) is 8. The van der Waals surface area contributed by atoms with Gasteiger partial charge in [0.2, 0.25) is 5.88 Å². The summed E-state index contributed by atoms with van der Waals surface area (Å²) in [5.41, 5.74) is 1.29. The largest absolute Gasteiger partial charge is 0.477 e. The van der Waals surface area contributed by atoms with Gasteiger partial charge in [-0.25, -0.2) is 8.78 Å². The number of piperidine rings is 2. The molecule has 4 bridgehead atoms. The van der Waals surface area contributed by atoms with Gasteiger partial charge in [-0.3, -0.25) is 30.3 Å². The molecule has 1 aromatic heterocycles. The molecule has 4 aliphatic heterocycles. The van der Waals surface area contributed by atoms with Gasteiger partial charge in [-0.2, -0.15) is 0 Å². The fourth-order valence-electron chi connectivity index (χ4n) is 10.1. The van der Waals surface area contributed by atoms with E-state index in [4.69, 9.17) is 9.84 Å². The molecule has 0 radical (unpaired) electrons. The van der Waals surface area contributed by atoms with Crippen LogP contribution in [0, 0.1) is 28.6 Å². The summed E-state index contributed by atoms with van der Waals surface area (Å²) in [6.07, 6.45) is 14.8. The molecule has 4 N–H and O–H groups in total. The monoisotopic (exact) mass is 619 g/mol. The molecule has 3 saturated carbocycles. The molecule has 5 heterocycles. The van der Waals surface area contributed by atoms with Crippen LogP contribution in [0.2, 0.25) is 0 Å². The number of fused-ring (bicyclic) bond motifs is 7. The van der Waals surface area contributed by atoms with Crippen LogP contribution in [0.1, 0.15) is 97.1 Å². The zero-order valence-corrected chi connectivity index (χ0v) is 26.7. The molecule has 1 aromatic rings. The zero-order valence-electron chi connectivity index (χ0n) is 25.9. The van der Waals surface area contributed by atoms with Gasteiger partial charge in [-0.15, -0.1) is 5.10 Å². The normalized spacial score (nSPS) is 40.8. The van der Waals surface area contributed by atoms with Crippen LogP contribution < -0.4 is 25.4 Å². The van der Waals surface area contributed by atoms with E-state index in [0.717, 1.165) is 74.3 Å². The summed E-state index contributed by atoms with van der Waals surface area (Å²) in [5.74, 6) is -0.768. The molecule has 7 aliphatic rings. The molecule has 7 unspecified atom stereocenters. The Hall–Kier alpha value is -0.980. The molecule has 4 saturated heterocycles. The van der Waals surface area contributed by atoms with Gasteiger partial charge in [-0.1, -0.05) is 11.9 Å². The lowest BCUT2D eigenvalue weighted by atomic mass is 9.89. The van der Waals surface area contributed by atoms with Crippen molar-refractivity contribution in [2.45, 2.75) is 126 Å². The molecule has 11 heteroatoms. The number of rotatable bonds is 5. The van der Waals surface area contributed by atoms with Gasteiger partial charge in [0.05, 0.1) is 30.9 Å². The first kappa shape index (κ1) is 29.4. The van der Waals surface area contributed by atoms with Crippen LogP contribution in [0.25, 0.3) is 0 Å². The number of alkyl halides is 2. The van der Waals surface area contributed by atoms with Crippen molar-refractivity contribution in [3.63, 3.8) is 0 Å². The SMILES string of the molecule is CC1(C)CC2CN1C1NC(n3ccc(OCCC4C5(CC5)C45CC5)n3)CCC1CNSC1CCCC(NCC(F)(F)C2)N1. The molecule has 7 fully saturated rings. The van der Waals surface area contributed by atoms with Crippen molar-refractivity contribution in [2.24, 2.45) is 28.6 Å². The topological polar surface area (TPSA) is 78.4 Å². The first-order valence-corrected chi connectivity index (χ1v) is 18.0. The van der Waals surface area contributed by atoms with Gasteiger partial charge >= 0.3 is 0 Å². The van der Waals surface area contributed by atoms with E-state index in [1.165, 1.54) is 32.1 Å². The van der Waals surface area contributed by atoms with Crippen molar-refractivity contribution in [3.8, 4) is 5.88 Å². The predicted octanol–water partition coefficient (Wildman–Crippen LogP) is 5.06. The second-order valence-electron chi connectivity index (χ2n) is 15.7. The molecule has 43 heavy (non-hydrogen) atoms. The number of halogens is 2. The molecular weight excluding hydrogens is 568 g/mol. The fourth-order valence-corrected chi connectivity index (χ4v) is 11.2. The summed E-state index contributed by atoms with van der Waals surface area (Å²) >= 11 is 1.74. The summed E-state index contributed by atoms with van der Waals surface area (Å²) in [6.45, 7) is 6.56. The molecule has 7 atom stereocenters. The highest BCUT2D eigenvalue weighted by Crippen LogP contribution is 2.93. The highest BCUT2D eigenvalue weighted by molar-refractivity contribution is 7.98. The van der Waals surface area contributed by atoms with Crippen LogP contribution in [-0.2, 0) is 0 Å². The number of ether oxygens (including phenoxy) is 1. The first-order chi connectivity index (χ1) is 20.7. The Bertz CT molecular complexity index is 1150. The quantitative estimate of drug-likeness (QED) is 0.341. The van der Waals surface area contributed by atoms with E-state index in [9.17, 15) is 0 Å². The Morgan fingerprint density at radius 3 is 2.65 bits per heavy atom. The predicted molar refractivity (Wildman–Crippen MR) is 164 cm³/mol. The third-order valence-corrected chi connectivity index (χ3v) is 13.5. The lowest BCUT2D eigenvalue weighted by Crippen LogP contribution is -2.60. The Morgan fingerprint density at radius 2 is 1.86 bits per heavy atom. The summed E-state index contributed by atoms with van der Waals surface area (Å²) in [5, 5.41) is 15.7. The van der Waals surface area contributed by atoms with Gasteiger partial charge in [0.25, 0.3) is 5.92 Å². The van der Waals surface area contributed by atoms with Crippen LogP contribution in [-0.4, -0.2) is 70.1 Å². The molecule has 0 amide bonds. The number of aromatic nitrogens is 2. The maximum Gasteiger partial charge on any atom is 0.260 e. The van der Waals surface area contributed by atoms with Gasteiger partial charge in [0.15, 0.2) is 0 Å². The van der Waals surface area contributed by atoms with Crippen LogP contribution in [0.4, 0.5) is 8.78 Å². The Labute approximate surface area is 259 Å². The molecule has 0 aromatic carbocycles. The average Bonchev–Trinajstić information content (AvgIpc) is 3.92. The molecular formula is C32H51F2N7OS. The second kappa shape index (κ2) is 10.8. The van der Waals surface area contributed by atoms with Crippen molar-refractivity contribution in [1.29, 1.82) is 0 Å². The summed E-state index contributed by atoms with van der Waals surface area (Å²) < 4.78 is 42.4. The lowest BCUT2D eigenvalue weighted by Gasteiger charge is -2.47. The number of nitrogens with one attached hydrogen (secondary N) is 4. The van der Waals surface area contributed by atoms with Crippen LogP contribution in [0.5, 0.6) is 5.88 Å². The van der Waals surface area contributed by atoms with E-state index >= 15 is 8.78 Å². The minimum absolute atomic E-state index is 0.0325. The zero-order chi connectivity index (χ0) is 29.5. The van der Waals surface area contributed by atoms with Crippen molar-refractivity contribution >= 4 is 11.9 Å². The maximum absolute atomic E-state index is 15.3. The fraction of sp³-hybridized carbons (Fsp3) is 0.906. The van der Waals surface area contributed by atoms with E-state index < -0.39 is 5.92 Å². The third-order valence-electron chi connectivity index (χ3n) is 12.5. The van der Waals surface area contributed by atoms with Crippen molar-refractivity contribution < 1.29 is 13.5 Å². The van der Waals surface area contributed by atoms with E-state index in [2.05, 4.69) is 39.4 Å². The van der Waals surface area contributed by atoms with E-state index in [-0.39, 0.29) is 48.3 Å². The number of hydrogen-bond donors (Lipinski definition) is 4. The van der Waals surface area contributed by atoms with Crippen molar-refractivity contribution in [1.82, 2.24) is 35.4 Å². The number of nitrogens with zero attached hydrogens (tertiary/aromatic N) is 3. The van der Waals surface area contributed by atoms with Crippen LogP contribution >= 0.6 is 11.9 Å². The van der Waals surface area contributed by atoms with Gasteiger partial charge in [-0.05, 0) is 107 Å². The van der Waals surface area contributed by atoms with Gasteiger partial charge in [0, 0.05) is 43.2 Å². The summed E-state index contributed by atoms with van der Waals surface area (Å²) in [6, 6.07) is 2.01. The van der Waals surface area contributed by atoms with Crippen molar-refractivity contribution in [2.75, 3.05) is 26.2 Å². The minimum Gasteiger partial charge on any atom is -0.477 e. The third kappa shape index (κ3) is 5.56. The maximum atomic E-state index is 15.3. The van der Waals surface area contributed by atoms with E-state index in [1.54, 1.807) is 11.9 Å². The lowest BCUT2D eigenvalue weighted by molar-refractivity contribution is -0.0264. The van der Waals surface area contributed by atoms with Crippen molar-refractivity contribution in [3.05, 3.63) is 12.3 Å². The summed E-state index contributed by atoms with van der Waals surface area (Å²) in [4.78, 5) is 2.50. The summed E-state index contributed by atoms with van der Waals surface area (Å²) in [7, 11) is 0. The second-order valence-corrected chi connectivity index (χ2v) is 16.8. The van der Waals surface area contributed by atoms with Gasteiger partial charge < -0.3 is 4.74 Å². The van der Waals surface area contributed by atoms with Crippen LogP contribution in [0.3, 0.4) is 0 Å². The Balaban J connectivity index is 0.947. The average molecular weight is 620 g/mol. The Kier molecular flexibility index (Phi) is 7.39. The standard InChI is InChI=1S/C32H51F2N7OS/c1-29(2)16-21-17-32(33,34)20-35-24-4-3-5-27(37-24)43-36-18-22-6-7-25(38-28(22)40(29)19-21)41-14-8-26(39-41)42-15-9-23-30(10-11-30)31(23)12-13-31/h8,14,21-25,27-28,35-38H,3-7,9-13,15-20H2,1-2H3. The minimum atomic E-state index is -2.72. The molecule has 240 valence electrons. The van der Waals surface area contributed by atoms with Gasteiger partial charge in [0.1, 0.15) is 6.17 Å². The Morgan fingerprint density at radius 1 is 1.05 bits per heavy atom. The highest BCUT2D eigenvalue weighted by Gasteiger charge is 2.85. The highest BCUT2D eigenvalue weighted by atomic mass is 32.2. The molecule has 8 nitrogen and oxygen atoms in total.